The molecule has 8 rings (SSSR count). The van der Waals surface area contributed by atoms with E-state index in [2.05, 4.69) is 14.5 Å². The highest BCUT2D eigenvalue weighted by molar-refractivity contribution is 7.85. The molecular weight excluding hydrogens is 739 g/mol. The van der Waals surface area contributed by atoms with Crippen LogP contribution in [-0.4, -0.2) is 102 Å². The highest BCUT2D eigenvalue weighted by Crippen LogP contribution is 2.40. The summed E-state index contributed by atoms with van der Waals surface area (Å²) in [6.07, 6.45) is 1.86. The minimum atomic E-state index is -3.67. The third-order valence-corrected chi connectivity index (χ3v) is 10.8. The van der Waals surface area contributed by atoms with Crippen LogP contribution in [0.25, 0.3) is 43.6 Å². The largest absolute Gasteiger partial charge is 0.497 e. The van der Waals surface area contributed by atoms with E-state index in [1.165, 1.54) is 9.80 Å². The fourth-order valence-corrected chi connectivity index (χ4v) is 8.32. The molecule has 2 aliphatic rings. The summed E-state index contributed by atoms with van der Waals surface area (Å²) in [5, 5.41) is 7.13. The number of fused-ring (bicyclic) bond motifs is 8. The Kier molecular flexibility index (Phi) is 9.89. The van der Waals surface area contributed by atoms with Gasteiger partial charge in [-0.3, -0.25) is 33.5 Å². The quantitative estimate of drug-likeness (QED) is 0.105. The monoisotopic (exact) mass is 781 g/mol. The molecule has 56 heavy (non-hydrogen) atoms. The van der Waals surface area contributed by atoms with Crippen LogP contribution < -0.4 is 14.8 Å². The fraction of sp³-hybridized carbons (Fsp3) is 0.317. The van der Waals surface area contributed by atoms with Gasteiger partial charge in [0.05, 0.1) is 53.8 Å². The van der Waals surface area contributed by atoms with Gasteiger partial charge in [0, 0.05) is 59.8 Å². The zero-order chi connectivity index (χ0) is 40.4. The Morgan fingerprint density at radius 3 is 1.36 bits per heavy atom. The van der Waals surface area contributed by atoms with Crippen LogP contribution in [0.2, 0.25) is 0 Å². The number of hydrogen-bond donors (Lipinski definition) is 2. The molecule has 4 amide bonds. The lowest BCUT2D eigenvalue weighted by Gasteiger charge is -2.15. The summed E-state index contributed by atoms with van der Waals surface area (Å²) in [6.45, 7) is 5.53. The van der Waals surface area contributed by atoms with Crippen LogP contribution in [0, 0.1) is 13.8 Å². The maximum atomic E-state index is 13.5. The molecule has 0 saturated heterocycles. The smallest absolute Gasteiger partial charge is 0.261 e. The van der Waals surface area contributed by atoms with Crippen LogP contribution in [0.3, 0.4) is 0 Å². The van der Waals surface area contributed by atoms with E-state index in [1.54, 1.807) is 14.2 Å². The number of amides is 4. The van der Waals surface area contributed by atoms with E-state index in [-0.39, 0.29) is 36.7 Å². The van der Waals surface area contributed by atoms with E-state index in [0.717, 1.165) is 66.2 Å². The molecular formula is C41H43N5O9S. The van der Waals surface area contributed by atoms with E-state index >= 15 is 0 Å². The summed E-state index contributed by atoms with van der Waals surface area (Å²) in [7, 11) is 3.52. The number of rotatable bonds is 10. The van der Waals surface area contributed by atoms with Crippen molar-refractivity contribution in [2.75, 3.05) is 46.7 Å². The number of aryl methyl sites for hydroxylation is 4. The second kappa shape index (κ2) is 14.4. The molecule has 4 aromatic carbocycles. The molecule has 292 valence electrons. The van der Waals surface area contributed by atoms with Gasteiger partial charge in [-0.2, -0.15) is 8.42 Å². The first-order valence-electron chi connectivity index (χ1n) is 18.1. The summed E-state index contributed by atoms with van der Waals surface area (Å²) in [5.74, 6) is 0.373. The first-order valence-corrected chi connectivity index (χ1v) is 20.0. The van der Waals surface area contributed by atoms with Gasteiger partial charge in [0.1, 0.15) is 11.5 Å². The number of methoxy groups -OCH3 is 2. The van der Waals surface area contributed by atoms with Gasteiger partial charge in [-0.15, -0.1) is 0 Å². The Hall–Kier alpha value is -5.77. The molecule has 0 spiro atoms. The fourth-order valence-electron chi connectivity index (χ4n) is 8.32. The number of ether oxygens (including phenoxy) is 2. The molecule has 0 saturated carbocycles. The Morgan fingerprint density at radius 2 is 1.00 bits per heavy atom. The molecule has 0 aliphatic carbocycles. The van der Waals surface area contributed by atoms with Crippen molar-refractivity contribution in [3.63, 3.8) is 0 Å². The maximum Gasteiger partial charge on any atom is 0.261 e. The van der Waals surface area contributed by atoms with Crippen molar-refractivity contribution in [2.45, 2.75) is 26.7 Å². The number of hydrogen-bond acceptors (Lipinski definition) is 9. The van der Waals surface area contributed by atoms with Crippen LogP contribution in [0.5, 0.6) is 11.5 Å². The molecule has 0 radical (unpaired) electrons. The van der Waals surface area contributed by atoms with E-state index in [4.69, 9.17) is 14.0 Å². The first-order chi connectivity index (χ1) is 26.6. The average Bonchev–Trinajstić information content (AvgIpc) is 3.78. The lowest BCUT2D eigenvalue weighted by Crippen LogP contribution is -2.34. The first kappa shape index (κ1) is 38.5. The van der Waals surface area contributed by atoms with Gasteiger partial charge in [0.25, 0.3) is 33.7 Å². The third-order valence-electron chi connectivity index (χ3n) is 10.8. The average molecular weight is 782 g/mol. The van der Waals surface area contributed by atoms with E-state index in [9.17, 15) is 27.6 Å². The summed E-state index contributed by atoms with van der Waals surface area (Å²) in [6, 6.07) is 15.4. The maximum absolute atomic E-state index is 13.5. The number of nitrogens with one attached hydrogen (secondary N) is 1. The predicted octanol–water partition coefficient (Wildman–Crippen LogP) is 5.38. The van der Waals surface area contributed by atoms with Crippen LogP contribution in [-0.2, 0) is 24.2 Å². The number of carbonyl (C=O) groups is 4. The van der Waals surface area contributed by atoms with Crippen molar-refractivity contribution in [1.82, 2.24) is 24.3 Å². The summed E-state index contributed by atoms with van der Waals surface area (Å²) in [4.78, 5) is 56.8. The molecule has 0 atom stereocenters. The number of nitrogens with zero attached hydrogens (tertiary/aromatic N) is 4. The van der Waals surface area contributed by atoms with Gasteiger partial charge < -0.3 is 23.9 Å². The van der Waals surface area contributed by atoms with E-state index in [0.29, 0.717) is 54.4 Å². The lowest BCUT2D eigenvalue weighted by molar-refractivity contribution is 0.0639. The zero-order valence-electron chi connectivity index (χ0n) is 32.3. The Morgan fingerprint density at radius 1 is 0.625 bits per heavy atom. The molecule has 15 heteroatoms. The van der Waals surface area contributed by atoms with Crippen LogP contribution in [0.15, 0.2) is 48.5 Å². The van der Waals surface area contributed by atoms with Gasteiger partial charge >= 0.3 is 0 Å². The van der Waals surface area contributed by atoms with Gasteiger partial charge in [-0.1, -0.05) is 0 Å². The van der Waals surface area contributed by atoms with Gasteiger partial charge in [0.15, 0.2) is 0 Å². The Balaban J connectivity index is 0.000000905. The number of carbonyl (C=O) groups excluding carboxylic acids is 4. The molecule has 4 heterocycles. The molecule has 2 aromatic heterocycles. The second-order valence-electron chi connectivity index (χ2n) is 14.2. The van der Waals surface area contributed by atoms with Crippen molar-refractivity contribution < 1.29 is 41.6 Å². The number of benzene rings is 4. The topological polar surface area (TPSA) is 169 Å². The second-order valence-corrected chi connectivity index (χ2v) is 15.7. The summed E-state index contributed by atoms with van der Waals surface area (Å²) in [5.41, 5.74) is 7.26. The minimum Gasteiger partial charge on any atom is -0.497 e. The number of aromatic nitrogens is 2. The summed E-state index contributed by atoms with van der Waals surface area (Å²) < 4.78 is 40.9. The lowest BCUT2D eigenvalue weighted by atomic mass is 9.99. The van der Waals surface area contributed by atoms with Crippen molar-refractivity contribution in [3.8, 4) is 11.5 Å². The van der Waals surface area contributed by atoms with E-state index < -0.39 is 10.1 Å². The Bertz CT molecular complexity index is 2600. The van der Waals surface area contributed by atoms with Gasteiger partial charge in [0.2, 0.25) is 0 Å². The molecule has 0 bridgehead atoms. The zero-order valence-corrected chi connectivity index (χ0v) is 33.1. The molecule has 0 fully saturated rings. The molecule has 6 aromatic rings. The van der Waals surface area contributed by atoms with Crippen molar-refractivity contribution in [2.24, 2.45) is 14.1 Å². The molecule has 2 N–H and O–H groups in total. The van der Waals surface area contributed by atoms with Crippen LogP contribution >= 0.6 is 0 Å². The molecule has 0 unspecified atom stereocenters. The predicted molar refractivity (Wildman–Crippen MR) is 214 cm³/mol. The van der Waals surface area contributed by atoms with Crippen LogP contribution in [0.4, 0.5) is 0 Å². The minimum absolute atomic E-state index is 0.266. The van der Waals surface area contributed by atoms with Crippen molar-refractivity contribution >= 4 is 77.4 Å². The van der Waals surface area contributed by atoms with Gasteiger partial charge in [-0.25, -0.2) is 0 Å². The Labute approximate surface area is 323 Å². The molecule has 2 aliphatic heterocycles. The van der Waals surface area contributed by atoms with Gasteiger partial charge in [-0.05, 0) is 99.4 Å². The van der Waals surface area contributed by atoms with Crippen LogP contribution in [0.1, 0.15) is 65.4 Å². The van der Waals surface area contributed by atoms with Crippen molar-refractivity contribution in [3.05, 3.63) is 81.9 Å². The van der Waals surface area contributed by atoms with E-state index in [1.807, 2.05) is 76.5 Å². The number of imide groups is 2. The molecule has 14 nitrogen and oxygen atoms in total. The highest BCUT2D eigenvalue weighted by atomic mass is 32.2. The third kappa shape index (κ3) is 6.34. The highest BCUT2D eigenvalue weighted by Gasteiger charge is 2.39. The summed E-state index contributed by atoms with van der Waals surface area (Å²) >= 11 is 0. The normalized spacial score (nSPS) is 14.1. The standard InChI is InChI=1S/C40H39N5O6.CH4O3S/c1-21-33-29(19-27-25-17-23(50-5)9-11-31(25)42(3)35(21)27)37(46)44(39(33)48)15-7-13-41-14-8-16-45-38(47)30-20-28-26-18-24(51-6)10-12-32(26)43(4)36(28)22(2)34(30)40(45)49;1-5(2,3)4/h9-12,17-20,41H,7-8,13-16H2,1-6H3;1H3,(H,2,3,4). The SMILES string of the molecule is COc1ccc2c(c1)c1cc3c(c(C)c1n2C)C(=O)N(CCCNCCCN1C(=O)c2cc4c5cc(OC)ccc5n(C)c4c(C)c2C1=O)C3=O.CS(=O)(=O)O. The van der Waals surface area contributed by atoms with Crippen molar-refractivity contribution in [1.29, 1.82) is 0 Å².